The third-order valence-corrected chi connectivity index (χ3v) is 6.55. The maximum atomic E-state index is 14.2. The number of hydrogen-bond donors (Lipinski definition) is 2. The molecule has 0 saturated carbocycles. The Morgan fingerprint density at radius 2 is 1.73 bits per heavy atom. The third-order valence-electron chi connectivity index (χ3n) is 6.55. The van der Waals surface area contributed by atoms with Crippen LogP contribution in [0.25, 0.3) is 22.2 Å². The normalized spacial score (nSPS) is 11.7. The minimum Gasteiger partial charge on any atom is -0.382 e. The first-order chi connectivity index (χ1) is 19.9. The first kappa shape index (κ1) is 25.5. The number of nitrogens with two attached hydrogens (primary N) is 1. The van der Waals surface area contributed by atoms with Gasteiger partial charge in [0.15, 0.2) is 17.2 Å². The molecular weight excluding hydrogens is 516 g/mol. The van der Waals surface area contributed by atoms with E-state index in [9.17, 15) is 9.59 Å². The Kier molecular flexibility index (Phi) is 6.45. The fourth-order valence-corrected chi connectivity index (χ4v) is 4.63. The molecule has 3 N–H and O–H groups in total. The van der Waals surface area contributed by atoms with Crippen molar-refractivity contribution in [1.82, 2.24) is 34.4 Å². The van der Waals surface area contributed by atoms with Crippen LogP contribution in [0.5, 0.6) is 0 Å². The fraction of sp³-hybridized carbons (Fsp3) is 0.0968. The molecule has 4 aromatic heterocycles. The van der Waals surface area contributed by atoms with E-state index in [-0.39, 0.29) is 17.1 Å². The molecule has 200 valence electrons. The van der Waals surface area contributed by atoms with E-state index in [0.717, 1.165) is 5.56 Å². The average Bonchev–Trinajstić information content (AvgIpc) is 3.31. The smallest absolute Gasteiger partial charge is 0.274 e. The SMILES string of the molecule is Cc1ccc2nc(N)c(C(=O)NC(C)c3nc4cccc(C#Cc5ccncc5)c4c(=O)n3-c3ccccc3)n2n1. The minimum atomic E-state index is -0.693. The van der Waals surface area contributed by atoms with Gasteiger partial charge in [0.25, 0.3) is 11.5 Å². The largest absolute Gasteiger partial charge is 0.382 e. The van der Waals surface area contributed by atoms with Gasteiger partial charge in [0.05, 0.1) is 28.3 Å². The van der Waals surface area contributed by atoms with Crippen molar-refractivity contribution in [3.05, 3.63) is 124 Å². The van der Waals surface area contributed by atoms with E-state index in [0.29, 0.717) is 39.3 Å². The number of nitrogen functional groups attached to an aromatic ring is 1. The van der Waals surface area contributed by atoms with Crippen molar-refractivity contribution in [3.63, 3.8) is 0 Å². The van der Waals surface area contributed by atoms with E-state index < -0.39 is 11.9 Å². The van der Waals surface area contributed by atoms with Gasteiger partial charge in [0.2, 0.25) is 0 Å². The summed E-state index contributed by atoms with van der Waals surface area (Å²) in [7, 11) is 0. The van der Waals surface area contributed by atoms with Gasteiger partial charge in [-0.05, 0) is 62.4 Å². The molecule has 6 rings (SSSR count). The summed E-state index contributed by atoms with van der Waals surface area (Å²) in [6.07, 6.45) is 3.33. The van der Waals surface area contributed by atoms with Crippen LogP contribution in [-0.2, 0) is 0 Å². The Bertz CT molecular complexity index is 2060. The molecule has 10 heteroatoms. The number of rotatable bonds is 4. The quantitative estimate of drug-likeness (QED) is 0.326. The zero-order valence-electron chi connectivity index (χ0n) is 22.2. The van der Waals surface area contributed by atoms with Gasteiger partial charge in [-0.25, -0.2) is 14.5 Å². The highest BCUT2D eigenvalue weighted by Gasteiger charge is 2.24. The second kappa shape index (κ2) is 10.4. The highest BCUT2D eigenvalue weighted by Crippen LogP contribution is 2.21. The molecule has 0 fully saturated rings. The Hall–Kier alpha value is -5.82. The van der Waals surface area contributed by atoms with E-state index >= 15 is 0 Å². The molecule has 0 spiro atoms. The monoisotopic (exact) mass is 540 g/mol. The lowest BCUT2D eigenvalue weighted by molar-refractivity contribution is 0.0931. The van der Waals surface area contributed by atoms with Crippen LogP contribution in [0.2, 0.25) is 0 Å². The number of imidazole rings is 1. The van der Waals surface area contributed by atoms with Gasteiger partial charge in [-0.2, -0.15) is 5.10 Å². The first-order valence-corrected chi connectivity index (χ1v) is 12.9. The van der Waals surface area contributed by atoms with Crippen LogP contribution in [-0.4, -0.2) is 35.0 Å². The number of aromatic nitrogens is 6. The van der Waals surface area contributed by atoms with Crippen LogP contribution in [0.3, 0.4) is 0 Å². The lowest BCUT2D eigenvalue weighted by Crippen LogP contribution is -2.34. The van der Waals surface area contributed by atoms with E-state index in [1.54, 1.807) is 61.8 Å². The number of anilines is 1. The third kappa shape index (κ3) is 4.77. The molecule has 1 unspecified atom stereocenters. The maximum absolute atomic E-state index is 14.2. The number of hydrogen-bond acceptors (Lipinski definition) is 7. The number of pyridine rings is 1. The molecule has 4 heterocycles. The molecule has 0 radical (unpaired) electrons. The molecular formula is C31H24N8O2. The van der Waals surface area contributed by atoms with Gasteiger partial charge in [-0.1, -0.05) is 36.1 Å². The minimum absolute atomic E-state index is 0.0529. The number of fused-ring (bicyclic) bond motifs is 2. The fourth-order valence-electron chi connectivity index (χ4n) is 4.63. The predicted octanol–water partition coefficient (Wildman–Crippen LogP) is 3.60. The van der Waals surface area contributed by atoms with Crippen LogP contribution in [0, 0.1) is 18.8 Å². The summed E-state index contributed by atoms with van der Waals surface area (Å²) in [5.74, 6) is 6.12. The highest BCUT2D eigenvalue weighted by molar-refractivity contribution is 5.98. The van der Waals surface area contributed by atoms with Crippen molar-refractivity contribution in [3.8, 4) is 17.5 Å². The van der Waals surface area contributed by atoms with E-state index in [4.69, 9.17) is 10.7 Å². The number of carbonyl (C=O) groups excluding carboxylic acids is 1. The first-order valence-electron chi connectivity index (χ1n) is 12.9. The van der Waals surface area contributed by atoms with Gasteiger partial charge in [-0.3, -0.25) is 19.1 Å². The van der Waals surface area contributed by atoms with Crippen LogP contribution >= 0.6 is 0 Å². The lowest BCUT2D eigenvalue weighted by Gasteiger charge is -2.20. The van der Waals surface area contributed by atoms with E-state index in [1.807, 2.05) is 37.3 Å². The number of carbonyl (C=O) groups is 1. The lowest BCUT2D eigenvalue weighted by atomic mass is 10.1. The summed E-state index contributed by atoms with van der Waals surface area (Å²) < 4.78 is 2.92. The van der Waals surface area contributed by atoms with Gasteiger partial charge < -0.3 is 11.1 Å². The highest BCUT2D eigenvalue weighted by atomic mass is 16.2. The van der Waals surface area contributed by atoms with E-state index in [2.05, 4.69) is 32.2 Å². The molecule has 0 aliphatic rings. The number of para-hydroxylation sites is 1. The molecule has 0 bridgehead atoms. The van der Waals surface area contributed by atoms with Crippen LogP contribution in [0.15, 0.2) is 90.0 Å². The van der Waals surface area contributed by atoms with Crippen molar-refractivity contribution in [1.29, 1.82) is 0 Å². The second-order valence-electron chi connectivity index (χ2n) is 9.42. The number of nitrogens with zero attached hydrogens (tertiary/aromatic N) is 6. The van der Waals surface area contributed by atoms with Crippen molar-refractivity contribution in [2.24, 2.45) is 0 Å². The Morgan fingerprint density at radius 1 is 0.951 bits per heavy atom. The summed E-state index contributed by atoms with van der Waals surface area (Å²) in [5, 5.41) is 7.71. The summed E-state index contributed by atoms with van der Waals surface area (Å²) in [6, 6.07) is 21.0. The molecule has 1 amide bonds. The van der Waals surface area contributed by atoms with E-state index in [1.165, 1.54) is 9.08 Å². The van der Waals surface area contributed by atoms with Crippen LogP contribution in [0.1, 0.15) is 46.1 Å². The average molecular weight is 541 g/mol. The number of aryl methyl sites for hydroxylation is 1. The Labute approximate surface area is 234 Å². The summed E-state index contributed by atoms with van der Waals surface area (Å²) in [6.45, 7) is 3.57. The van der Waals surface area contributed by atoms with Crippen LogP contribution in [0.4, 0.5) is 5.82 Å². The topological polar surface area (TPSA) is 133 Å². The number of nitrogens with one attached hydrogen (secondary N) is 1. The standard InChI is InChI=1S/C31H24N8O2/c1-19-11-14-25-36-28(32)27(39(25)37-19)30(40)34-20(2)29-35-24-10-6-7-22(13-12-21-15-17-33-18-16-21)26(24)31(41)38(29)23-8-4-3-5-9-23/h3-11,14-18,20H,32H2,1-2H3,(H,34,40). The molecule has 6 aromatic rings. The predicted molar refractivity (Wildman–Crippen MR) is 156 cm³/mol. The van der Waals surface area contributed by atoms with Crippen molar-refractivity contribution < 1.29 is 4.79 Å². The van der Waals surface area contributed by atoms with Gasteiger partial charge in [-0.15, -0.1) is 0 Å². The zero-order valence-corrected chi connectivity index (χ0v) is 22.2. The Morgan fingerprint density at radius 3 is 2.51 bits per heavy atom. The van der Waals surface area contributed by atoms with Crippen molar-refractivity contribution >= 4 is 28.3 Å². The summed E-state index contributed by atoms with van der Waals surface area (Å²) >= 11 is 0. The van der Waals surface area contributed by atoms with Crippen LogP contribution < -0.4 is 16.6 Å². The summed E-state index contributed by atoms with van der Waals surface area (Å²) in [5.41, 5.74) is 9.46. The number of benzene rings is 2. The van der Waals surface area contributed by atoms with Crippen molar-refractivity contribution in [2.75, 3.05) is 5.73 Å². The molecule has 0 saturated heterocycles. The van der Waals surface area contributed by atoms with Gasteiger partial charge >= 0.3 is 0 Å². The van der Waals surface area contributed by atoms with Crippen molar-refractivity contribution in [2.45, 2.75) is 19.9 Å². The molecule has 0 aliphatic carbocycles. The molecule has 41 heavy (non-hydrogen) atoms. The summed E-state index contributed by atoms with van der Waals surface area (Å²) in [4.78, 5) is 40.8. The molecule has 1 atom stereocenters. The molecule has 2 aromatic carbocycles. The van der Waals surface area contributed by atoms with Gasteiger partial charge in [0, 0.05) is 23.5 Å². The zero-order chi connectivity index (χ0) is 28.5. The Balaban J connectivity index is 1.48. The number of amides is 1. The maximum Gasteiger partial charge on any atom is 0.274 e. The van der Waals surface area contributed by atoms with Gasteiger partial charge in [0.1, 0.15) is 5.82 Å². The molecule has 10 nitrogen and oxygen atoms in total. The second-order valence-corrected chi connectivity index (χ2v) is 9.42. The molecule has 0 aliphatic heterocycles.